The number of rotatable bonds is 2. The van der Waals surface area contributed by atoms with Crippen LogP contribution in [0.25, 0.3) is 0 Å². The zero-order chi connectivity index (χ0) is 14.1. The fraction of sp³-hybridized carbons (Fsp3) is 0.688. The molecule has 1 aromatic rings. The second-order valence-electron chi connectivity index (χ2n) is 6.19. The minimum Gasteiger partial charge on any atom is -0.333 e. The van der Waals surface area contributed by atoms with Crippen LogP contribution in [0.3, 0.4) is 0 Å². The molecule has 0 aromatic carbocycles. The molecule has 1 fully saturated rings. The summed E-state index contributed by atoms with van der Waals surface area (Å²) in [7, 11) is 0. The molecular weight excluding hydrogens is 304 g/mol. The number of fused-ring (bicyclic) bond motifs is 1. The summed E-state index contributed by atoms with van der Waals surface area (Å²) in [6.07, 6.45) is 7.14. The van der Waals surface area contributed by atoms with Gasteiger partial charge >= 0.3 is 0 Å². The van der Waals surface area contributed by atoms with Gasteiger partial charge in [0.1, 0.15) is 0 Å². The molecule has 0 bridgehead atoms. The molecule has 0 radical (unpaired) electrons. The molecule has 2 aliphatic rings. The van der Waals surface area contributed by atoms with Crippen LogP contribution in [0.2, 0.25) is 0 Å². The van der Waals surface area contributed by atoms with E-state index < -0.39 is 0 Å². The van der Waals surface area contributed by atoms with Crippen LogP contribution in [0.5, 0.6) is 0 Å². The van der Waals surface area contributed by atoms with Crippen molar-refractivity contribution in [2.24, 2.45) is 11.7 Å². The van der Waals surface area contributed by atoms with Crippen LogP contribution in [-0.2, 0) is 12.8 Å². The number of carbonyl (C=O) groups is 1. The third kappa shape index (κ3) is 3.27. The standard InChI is InChI=1S/C16H24N2OS.ClH/c1-11-5-4-8-18(13(11)10-17)16(19)15-9-12-6-2-3-7-14(12)20-15;/h9,11,13H,2-8,10,17H2,1H3;1H. The summed E-state index contributed by atoms with van der Waals surface area (Å²) in [6, 6.07) is 2.37. The van der Waals surface area contributed by atoms with Crippen LogP contribution in [-0.4, -0.2) is 29.9 Å². The van der Waals surface area contributed by atoms with Crippen molar-refractivity contribution in [3.8, 4) is 0 Å². The molecule has 2 unspecified atom stereocenters. The number of hydrogen-bond acceptors (Lipinski definition) is 3. The highest BCUT2D eigenvalue weighted by atomic mass is 35.5. The van der Waals surface area contributed by atoms with E-state index in [0.717, 1.165) is 30.7 Å². The number of piperidine rings is 1. The molecule has 1 aliphatic carbocycles. The van der Waals surface area contributed by atoms with E-state index in [-0.39, 0.29) is 24.4 Å². The van der Waals surface area contributed by atoms with Crippen LogP contribution in [0.15, 0.2) is 6.07 Å². The Hall–Kier alpha value is -0.580. The number of likely N-dealkylation sites (tertiary alicyclic amines) is 1. The van der Waals surface area contributed by atoms with Gasteiger partial charge in [0, 0.05) is 24.0 Å². The van der Waals surface area contributed by atoms with Gasteiger partial charge in [0.2, 0.25) is 0 Å². The molecule has 3 nitrogen and oxygen atoms in total. The Kier molecular flexibility index (Phi) is 5.69. The largest absolute Gasteiger partial charge is 0.333 e. The number of nitrogens with two attached hydrogens (primary N) is 1. The highest BCUT2D eigenvalue weighted by Crippen LogP contribution is 2.32. The van der Waals surface area contributed by atoms with Gasteiger partial charge in [-0.15, -0.1) is 23.7 Å². The zero-order valence-electron chi connectivity index (χ0n) is 12.6. The fourth-order valence-corrected chi connectivity index (χ4v) is 4.81. The molecule has 1 aromatic heterocycles. The van der Waals surface area contributed by atoms with Gasteiger partial charge in [-0.3, -0.25) is 4.79 Å². The molecular formula is C16H25ClN2OS. The quantitative estimate of drug-likeness (QED) is 0.905. The van der Waals surface area contributed by atoms with Gasteiger partial charge in [0.05, 0.1) is 4.88 Å². The minimum atomic E-state index is 0. The van der Waals surface area contributed by atoms with Crippen molar-refractivity contribution in [3.05, 3.63) is 21.4 Å². The summed E-state index contributed by atoms with van der Waals surface area (Å²) >= 11 is 1.72. The van der Waals surface area contributed by atoms with Crippen molar-refractivity contribution in [3.63, 3.8) is 0 Å². The van der Waals surface area contributed by atoms with Gasteiger partial charge in [-0.25, -0.2) is 0 Å². The summed E-state index contributed by atoms with van der Waals surface area (Å²) in [6.45, 7) is 3.67. The topological polar surface area (TPSA) is 46.3 Å². The lowest BCUT2D eigenvalue weighted by atomic mass is 9.90. The second kappa shape index (κ2) is 7.12. The van der Waals surface area contributed by atoms with E-state index in [2.05, 4.69) is 13.0 Å². The van der Waals surface area contributed by atoms with Crippen LogP contribution in [0, 0.1) is 5.92 Å². The number of thiophene rings is 1. The van der Waals surface area contributed by atoms with E-state index in [0.29, 0.717) is 12.5 Å². The smallest absolute Gasteiger partial charge is 0.264 e. The normalized spacial score (nSPS) is 25.1. The van der Waals surface area contributed by atoms with Gasteiger partial charge in [0.15, 0.2) is 0 Å². The van der Waals surface area contributed by atoms with E-state index in [1.54, 1.807) is 11.3 Å². The molecule has 2 heterocycles. The van der Waals surface area contributed by atoms with Crippen molar-refractivity contribution in [1.82, 2.24) is 4.90 Å². The van der Waals surface area contributed by atoms with Crippen molar-refractivity contribution in [2.75, 3.05) is 13.1 Å². The number of carbonyl (C=O) groups excluding carboxylic acids is 1. The molecule has 0 spiro atoms. The molecule has 1 saturated heterocycles. The first kappa shape index (κ1) is 16.8. The van der Waals surface area contributed by atoms with Crippen molar-refractivity contribution in [1.29, 1.82) is 0 Å². The van der Waals surface area contributed by atoms with Gasteiger partial charge < -0.3 is 10.6 Å². The molecule has 21 heavy (non-hydrogen) atoms. The predicted molar refractivity (Wildman–Crippen MR) is 90.5 cm³/mol. The van der Waals surface area contributed by atoms with Crippen LogP contribution in [0.1, 0.15) is 52.7 Å². The fourth-order valence-electron chi connectivity index (χ4n) is 3.60. The molecule has 1 aliphatic heterocycles. The molecule has 1 amide bonds. The zero-order valence-corrected chi connectivity index (χ0v) is 14.3. The SMILES string of the molecule is CC1CCCN(C(=O)c2cc3c(s2)CCCC3)C1CN.Cl. The lowest BCUT2D eigenvalue weighted by Crippen LogP contribution is -2.51. The van der Waals surface area contributed by atoms with Gasteiger partial charge in [-0.1, -0.05) is 6.92 Å². The van der Waals surface area contributed by atoms with E-state index in [4.69, 9.17) is 5.73 Å². The first-order valence-corrected chi connectivity index (χ1v) is 8.65. The second-order valence-corrected chi connectivity index (χ2v) is 7.32. The first-order chi connectivity index (χ1) is 9.70. The number of hydrogen-bond donors (Lipinski definition) is 1. The van der Waals surface area contributed by atoms with Gasteiger partial charge in [-0.05, 0) is 56.1 Å². The third-order valence-corrected chi connectivity index (χ3v) is 6.05. The number of halogens is 1. The summed E-state index contributed by atoms with van der Waals surface area (Å²) in [5, 5.41) is 0. The van der Waals surface area contributed by atoms with Gasteiger partial charge in [-0.2, -0.15) is 0 Å². The first-order valence-electron chi connectivity index (χ1n) is 7.83. The van der Waals surface area contributed by atoms with E-state index >= 15 is 0 Å². The van der Waals surface area contributed by atoms with E-state index in [9.17, 15) is 4.79 Å². The Morgan fingerprint density at radius 3 is 2.86 bits per heavy atom. The maximum atomic E-state index is 12.8. The number of aryl methyl sites for hydroxylation is 2. The lowest BCUT2D eigenvalue weighted by Gasteiger charge is -2.39. The Bertz CT molecular complexity index is 479. The Labute approximate surface area is 137 Å². The van der Waals surface area contributed by atoms with E-state index in [1.807, 2.05) is 4.90 Å². The average Bonchev–Trinajstić information content (AvgIpc) is 2.90. The Morgan fingerprint density at radius 2 is 2.14 bits per heavy atom. The highest BCUT2D eigenvalue weighted by Gasteiger charge is 2.32. The summed E-state index contributed by atoms with van der Waals surface area (Å²) < 4.78 is 0. The summed E-state index contributed by atoms with van der Waals surface area (Å²) in [5.41, 5.74) is 7.32. The summed E-state index contributed by atoms with van der Waals surface area (Å²) in [5.74, 6) is 0.735. The van der Waals surface area contributed by atoms with Crippen LogP contribution >= 0.6 is 23.7 Å². The number of nitrogens with zero attached hydrogens (tertiary/aromatic N) is 1. The average molecular weight is 329 g/mol. The molecule has 118 valence electrons. The Morgan fingerprint density at radius 1 is 1.38 bits per heavy atom. The Balaban J connectivity index is 0.00000161. The molecule has 2 atom stereocenters. The molecule has 2 N–H and O–H groups in total. The van der Waals surface area contributed by atoms with Crippen molar-refractivity contribution in [2.45, 2.75) is 51.5 Å². The summed E-state index contributed by atoms with van der Waals surface area (Å²) in [4.78, 5) is 17.2. The van der Waals surface area contributed by atoms with E-state index in [1.165, 1.54) is 29.7 Å². The number of amides is 1. The van der Waals surface area contributed by atoms with Crippen molar-refractivity contribution >= 4 is 29.7 Å². The maximum absolute atomic E-state index is 12.8. The minimum absolute atomic E-state index is 0. The monoisotopic (exact) mass is 328 g/mol. The third-order valence-electron chi connectivity index (χ3n) is 4.83. The molecule has 0 saturated carbocycles. The van der Waals surface area contributed by atoms with Gasteiger partial charge in [0.25, 0.3) is 5.91 Å². The van der Waals surface area contributed by atoms with Crippen LogP contribution < -0.4 is 5.73 Å². The highest BCUT2D eigenvalue weighted by molar-refractivity contribution is 7.14. The maximum Gasteiger partial charge on any atom is 0.264 e. The lowest BCUT2D eigenvalue weighted by molar-refractivity contribution is 0.0537. The molecule has 5 heteroatoms. The predicted octanol–water partition coefficient (Wildman–Crippen LogP) is 3.25. The molecule has 3 rings (SSSR count). The van der Waals surface area contributed by atoms with Crippen LogP contribution in [0.4, 0.5) is 0 Å². The van der Waals surface area contributed by atoms with Crippen molar-refractivity contribution < 1.29 is 4.79 Å².